The number of hydrogen-bond donors (Lipinski definition) is 1. The molecule has 0 atom stereocenters. The van der Waals surface area contributed by atoms with Gasteiger partial charge < -0.3 is 19.2 Å². The first kappa shape index (κ1) is 17.5. The van der Waals surface area contributed by atoms with Crippen LogP contribution in [0.4, 0.5) is 0 Å². The van der Waals surface area contributed by atoms with Gasteiger partial charge in [-0.15, -0.1) is 0 Å². The second-order valence-electron chi connectivity index (χ2n) is 6.70. The number of hydrogen-bond acceptors (Lipinski definition) is 5. The van der Waals surface area contributed by atoms with Crippen LogP contribution < -0.4 is 10.1 Å². The maximum atomic E-state index is 12.5. The Labute approximate surface area is 157 Å². The largest absolute Gasteiger partial charge is 0.497 e. The van der Waals surface area contributed by atoms with E-state index in [0.29, 0.717) is 35.0 Å². The van der Waals surface area contributed by atoms with E-state index in [4.69, 9.17) is 13.9 Å². The summed E-state index contributed by atoms with van der Waals surface area (Å²) in [5.74, 6) is 1.63. The minimum Gasteiger partial charge on any atom is -0.497 e. The molecule has 1 aliphatic rings. The number of amides is 1. The number of benzene rings is 2. The molecule has 0 saturated carbocycles. The Balaban J connectivity index is 1.50. The second-order valence-corrected chi connectivity index (χ2v) is 6.70. The van der Waals surface area contributed by atoms with E-state index in [1.54, 1.807) is 19.2 Å². The summed E-state index contributed by atoms with van der Waals surface area (Å²) in [5.41, 5.74) is 2.71. The third-order valence-electron chi connectivity index (χ3n) is 4.86. The molecule has 0 aliphatic carbocycles. The minimum absolute atomic E-state index is 0.0947. The third-order valence-corrected chi connectivity index (χ3v) is 4.86. The van der Waals surface area contributed by atoms with Crippen LogP contribution in [0.3, 0.4) is 0 Å². The molecule has 0 spiro atoms. The normalized spacial score (nSPS) is 15.0. The molecule has 4 rings (SSSR count). The highest BCUT2D eigenvalue weighted by molar-refractivity contribution is 5.97. The molecule has 6 nitrogen and oxygen atoms in total. The molecule has 2 heterocycles. The maximum Gasteiger partial charge on any atom is 0.251 e. The lowest BCUT2D eigenvalue weighted by Crippen LogP contribution is -2.32. The second kappa shape index (κ2) is 7.80. The summed E-state index contributed by atoms with van der Waals surface area (Å²) in [4.78, 5) is 17.0. The van der Waals surface area contributed by atoms with E-state index in [9.17, 15) is 4.79 Å². The summed E-state index contributed by atoms with van der Waals surface area (Å²) < 4.78 is 16.5. The van der Waals surface area contributed by atoms with Crippen LogP contribution in [0.15, 0.2) is 46.9 Å². The maximum absolute atomic E-state index is 12.5. The van der Waals surface area contributed by atoms with Crippen LogP contribution in [-0.2, 0) is 4.74 Å². The lowest BCUT2D eigenvalue weighted by Gasteiger charge is -2.22. The number of nitrogens with one attached hydrogen (secondary N) is 1. The number of nitrogens with zero attached hydrogens (tertiary/aromatic N) is 1. The van der Waals surface area contributed by atoms with Crippen molar-refractivity contribution in [2.75, 3.05) is 26.9 Å². The molecular weight excluding hydrogens is 344 g/mol. The van der Waals surface area contributed by atoms with Crippen LogP contribution in [0.1, 0.15) is 23.2 Å². The summed E-state index contributed by atoms with van der Waals surface area (Å²) in [7, 11) is 1.62. The zero-order valence-corrected chi connectivity index (χ0v) is 15.2. The minimum atomic E-state index is -0.0947. The van der Waals surface area contributed by atoms with Crippen LogP contribution in [0.5, 0.6) is 5.75 Å². The predicted molar refractivity (Wildman–Crippen MR) is 102 cm³/mol. The summed E-state index contributed by atoms with van der Waals surface area (Å²) >= 11 is 0. The molecule has 3 aromatic rings. The molecule has 1 amide bonds. The Morgan fingerprint density at radius 2 is 2.07 bits per heavy atom. The van der Waals surface area contributed by atoms with E-state index in [1.165, 1.54) is 0 Å². The van der Waals surface area contributed by atoms with E-state index in [1.807, 2.05) is 30.3 Å². The van der Waals surface area contributed by atoms with Crippen molar-refractivity contribution in [1.29, 1.82) is 0 Å². The fourth-order valence-electron chi connectivity index (χ4n) is 3.24. The van der Waals surface area contributed by atoms with Gasteiger partial charge in [0.2, 0.25) is 5.89 Å². The molecule has 6 heteroatoms. The quantitative estimate of drug-likeness (QED) is 0.746. The van der Waals surface area contributed by atoms with Crippen molar-refractivity contribution in [3.63, 3.8) is 0 Å². The smallest absolute Gasteiger partial charge is 0.251 e. The van der Waals surface area contributed by atoms with Crippen molar-refractivity contribution in [1.82, 2.24) is 10.3 Å². The van der Waals surface area contributed by atoms with Crippen molar-refractivity contribution in [3.05, 3.63) is 48.0 Å². The molecule has 1 fully saturated rings. The Morgan fingerprint density at radius 1 is 1.22 bits per heavy atom. The third kappa shape index (κ3) is 3.95. The molecule has 140 valence electrons. The summed E-state index contributed by atoms with van der Waals surface area (Å²) in [6, 6.07) is 12.9. The number of methoxy groups -OCH3 is 1. The van der Waals surface area contributed by atoms with Gasteiger partial charge in [0.15, 0.2) is 5.58 Å². The Morgan fingerprint density at radius 3 is 2.89 bits per heavy atom. The molecule has 1 saturated heterocycles. The number of fused-ring (bicyclic) bond motifs is 1. The fourth-order valence-corrected chi connectivity index (χ4v) is 3.24. The van der Waals surface area contributed by atoms with Gasteiger partial charge in [0.05, 0.1) is 7.11 Å². The topological polar surface area (TPSA) is 73.6 Å². The molecule has 27 heavy (non-hydrogen) atoms. The Hall–Kier alpha value is -2.86. The van der Waals surface area contributed by atoms with Gasteiger partial charge in [-0.2, -0.15) is 0 Å². The van der Waals surface area contributed by atoms with Crippen molar-refractivity contribution in [3.8, 4) is 17.2 Å². The van der Waals surface area contributed by atoms with Crippen LogP contribution in [-0.4, -0.2) is 37.8 Å². The lowest BCUT2D eigenvalue weighted by atomic mass is 10.0. The molecule has 1 aromatic heterocycles. The Kier molecular flexibility index (Phi) is 5.07. The van der Waals surface area contributed by atoms with Crippen molar-refractivity contribution in [2.45, 2.75) is 12.8 Å². The first-order valence-electron chi connectivity index (χ1n) is 9.14. The van der Waals surface area contributed by atoms with E-state index in [-0.39, 0.29) is 5.91 Å². The standard InChI is InChI=1S/C21H22N2O4/c1-25-17-4-2-3-16(11-17)21-23-18-6-5-15(12-19(18)27-21)20(24)22-13-14-7-9-26-10-8-14/h2-6,11-12,14H,7-10,13H2,1H3,(H,22,24). The monoisotopic (exact) mass is 366 g/mol. The highest BCUT2D eigenvalue weighted by Crippen LogP contribution is 2.27. The number of ether oxygens (including phenoxy) is 2. The highest BCUT2D eigenvalue weighted by Gasteiger charge is 2.16. The number of rotatable bonds is 5. The van der Waals surface area contributed by atoms with Gasteiger partial charge >= 0.3 is 0 Å². The van der Waals surface area contributed by atoms with E-state index in [0.717, 1.165) is 37.4 Å². The molecule has 0 radical (unpaired) electrons. The number of carbonyl (C=O) groups is 1. The van der Waals surface area contributed by atoms with E-state index in [2.05, 4.69) is 10.3 Å². The van der Waals surface area contributed by atoms with Gasteiger partial charge in [-0.25, -0.2) is 4.98 Å². The van der Waals surface area contributed by atoms with Crippen LogP contribution >= 0.6 is 0 Å². The van der Waals surface area contributed by atoms with Crippen molar-refractivity contribution < 1.29 is 18.7 Å². The summed E-state index contributed by atoms with van der Waals surface area (Å²) in [6.07, 6.45) is 1.98. The predicted octanol–water partition coefficient (Wildman–Crippen LogP) is 3.66. The first-order valence-corrected chi connectivity index (χ1v) is 9.14. The molecule has 1 aliphatic heterocycles. The highest BCUT2D eigenvalue weighted by atomic mass is 16.5. The van der Waals surface area contributed by atoms with Crippen LogP contribution in [0, 0.1) is 5.92 Å². The molecule has 0 unspecified atom stereocenters. The van der Waals surface area contributed by atoms with E-state index < -0.39 is 0 Å². The average molecular weight is 366 g/mol. The molecule has 0 bridgehead atoms. The molecule has 1 N–H and O–H groups in total. The van der Waals surface area contributed by atoms with Gasteiger partial charge in [0, 0.05) is 30.9 Å². The SMILES string of the molecule is COc1cccc(-c2nc3ccc(C(=O)NCC4CCOCC4)cc3o2)c1. The van der Waals surface area contributed by atoms with Gasteiger partial charge in [-0.3, -0.25) is 4.79 Å². The molecule has 2 aromatic carbocycles. The van der Waals surface area contributed by atoms with Gasteiger partial charge in [0.25, 0.3) is 5.91 Å². The van der Waals surface area contributed by atoms with Gasteiger partial charge in [-0.05, 0) is 55.2 Å². The number of carbonyl (C=O) groups excluding carboxylic acids is 1. The average Bonchev–Trinajstić information content (AvgIpc) is 3.16. The zero-order chi connectivity index (χ0) is 18.6. The summed E-state index contributed by atoms with van der Waals surface area (Å²) in [6.45, 7) is 2.22. The molecular formula is C21H22N2O4. The summed E-state index contributed by atoms with van der Waals surface area (Å²) in [5, 5.41) is 3.01. The number of aromatic nitrogens is 1. The van der Waals surface area contributed by atoms with Crippen LogP contribution in [0.2, 0.25) is 0 Å². The van der Waals surface area contributed by atoms with Crippen LogP contribution in [0.25, 0.3) is 22.6 Å². The van der Waals surface area contributed by atoms with Gasteiger partial charge in [0.1, 0.15) is 11.3 Å². The first-order chi connectivity index (χ1) is 13.2. The Bertz CT molecular complexity index is 944. The fraction of sp³-hybridized carbons (Fsp3) is 0.333. The van der Waals surface area contributed by atoms with Crippen molar-refractivity contribution in [2.24, 2.45) is 5.92 Å². The van der Waals surface area contributed by atoms with Gasteiger partial charge in [-0.1, -0.05) is 6.07 Å². The zero-order valence-electron chi connectivity index (χ0n) is 15.2. The van der Waals surface area contributed by atoms with Crippen molar-refractivity contribution >= 4 is 17.0 Å². The number of oxazole rings is 1. The van der Waals surface area contributed by atoms with E-state index >= 15 is 0 Å². The lowest BCUT2D eigenvalue weighted by molar-refractivity contribution is 0.0642.